The molecule has 0 bridgehead atoms. The Kier molecular flexibility index (Phi) is 23.1. The van der Waals surface area contributed by atoms with E-state index in [-0.39, 0.29) is 5.78 Å². The zero-order valence-corrected chi connectivity index (χ0v) is 39.6. The van der Waals surface area contributed by atoms with E-state index in [2.05, 4.69) is 65.5 Å². The van der Waals surface area contributed by atoms with Gasteiger partial charge in [0.1, 0.15) is 5.75 Å². The molecule has 0 saturated heterocycles. The highest BCUT2D eigenvalue weighted by atomic mass is 28.5. The Morgan fingerprint density at radius 2 is 1.22 bits per heavy atom. The lowest BCUT2D eigenvalue weighted by Crippen LogP contribution is -2.52. The Hall–Kier alpha value is -1.43. The number of unbranched alkanes of at least 4 members (excludes halogenated alkanes) is 8. The molecule has 2 aromatic carbocycles. The molecule has 0 aliphatic rings. The van der Waals surface area contributed by atoms with E-state index in [0.29, 0.717) is 11.1 Å². The summed E-state index contributed by atoms with van der Waals surface area (Å²) in [5.74, 6) is 0.877. The fourth-order valence-electron chi connectivity index (χ4n) is 6.55. The van der Waals surface area contributed by atoms with Gasteiger partial charge < -0.3 is 21.8 Å². The summed E-state index contributed by atoms with van der Waals surface area (Å²) in [5, 5.41) is 0. The van der Waals surface area contributed by atoms with E-state index in [1.54, 1.807) is 7.11 Å². The first kappa shape index (κ1) is 47.6. The number of rotatable bonds is 26. The average Bonchev–Trinajstić information content (AvgIpc) is 3.07. The Morgan fingerprint density at radius 1 is 0.686 bits per heavy atom. The molecule has 11 heteroatoms. The van der Waals surface area contributed by atoms with Crippen LogP contribution in [0.5, 0.6) is 5.75 Å². The first-order valence-electron chi connectivity index (χ1n) is 19.4. The number of hydrogen-bond acceptors (Lipinski definition) is 6. The standard InChI is InChI=1S/C35H58O4Si3.C5H16O2Si2/c1-8-9-10-11-15-21-30-42(7,39-41(5,6)37-2)31-40(3,4)29-20-14-12-13-19-28-38-34-26-24-33(25-27-34)35(36)32-22-17-16-18-23-32;1-6-9(4,5)7-8(2)3/h8,16-18,22-27H,1,9-15,19-21,28-31H2,2-7H3;8H,1-5H3. The summed E-state index contributed by atoms with van der Waals surface area (Å²) >= 11 is 0. The van der Waals surface area contributed by atoms with Crippen LogP contribution in [0, 0.1) is 0 Å². The van der Waals surface area contributed by atoms with Crippen molar-refractivity contribution in [3.05, 3.63) is 78.4 Å². The number of carbonyl (C=O) groups is 1. The largest absolute Gasteiger partial charge is 0.494 e. The summed E-state index contributed by atoms with van der Waals surface area (Å²) in [6.45, 7) is 25.1. The molecule has 0 spiro atoms. The van der Waals surface area contributed by atoms with Gasteiger partial charge in [0, 0.05) is 33.4 Å². The molecule has 0 N–H and O–H groups in total. The van der Waals surface area contributed by atoms with E-state index < -0.39 is 42.6 Å². The summed E-state index contributed by atoms with van der Waals surface area (Å²) in [6, 6.07) is 19.6. The van der Waals surface area contributed by atoms with E-state index in [4.69, 9.17) is 21.8 Å². The molecular weight excluding hydrogens is 717 g/mol. The van der Waals surface area contributed by atoms with E-state index in [9.17, 15) is 4.79 Å². The molecule has 0 amide bonds. The van der Waals surface area contributed by atoms with Crippen molar-refractivity contribution in [1.82, 2.24) is 0 Å². The van der Waals surface area contributed by atoms with E-state index in [0.717, 1.165) is 25.2 Å². The van der Waals surface area contributed by atoms with Gasteiger partial charge in [-0.2, -0.15) is 0 Å². The fraction of sp³-hybridized carbons (Fsp3) is 0.625. The van der Waals surface area contributed by atoms with Gasteiger partial charge in [0.25, 0.3) is 0 Å². The average molecular weight is 791 g/mol. The molecular formula is C40H74O6Si5. The molecule has 0 aliphatic carbocycles. The zero-order chi connectivity index (χ0) is 38.4. The highest BCUT2D eigenvalue weighted by molar-refractivity contribution is 6.95. The zero-order valence-electron chi connectivity index (χ0n) is 34.4. The topological polar surface area (TPSA) is 63.2 Å². The lowest BCUT2D eigenvalue weighted by atomic mass is 10.0. The normalized spacial score (nSPS) is 13.3. The second-order valence-electron chi connectivity index (χ2n) is 16.1. The molecule has 0 radical (unpaired) electrons. The van der Waals surface area contributed by atoms with E-state index >= 15 is 0 Å². The maximum absolute atomic E-state index is 12.6. The van der Waals surface area contributed by atoms with Gasteiger partial charge in [0.05, 0.1) is 6.61 Å². The molecule has 2 aromatic rings. The predicted octanol–water partition coefficient (Wildman–Crippen LogP) is 11.9. The van der Waals surface area contributed by atoms with Gasteiger partial charge in [-0.05, 0) is 101 Å². The van der Waals surface area contributed by atoms with Crippen LogP contribution in [0.4, 0.5) is 0 Å². The van der Waals surface area contributed by atoms with E-state index in [1.165, 1.54) is 69.1 Å². The van der Waals surface area contributed by atoms with Crippen molar-refractivity contribution in [3.63, 3.8) is 0 Å². The van der Waals surface area contributed by atoms with Gasteiger partial charge in [-0.1, -0.05) is 100 Å². The van der Waals surface area contributed by atoms with Gasteiger partial charge in [0.2, 0.25) is 0 Å². The summed E-state index contributed by atoms with van der Waals surface area (Å²) in [4.78, 5) is 12.6. The third kappa shape index (κ3) is 22.4. The van der Waals surface area contributed by atoms with Crippen LogP contribution in [0.1, 0.15) is 80.1 Å². The van der Waals surface area contributed by atoms with Crippen molar-refractivity contribution in [2.45, 2.75) is 141 Å². The van der Waals surface area contributed by atoms with Crippen LogP contribution in [0.15, 0.2) is 67.3 Å². The van der Waals surface area contributed by atoms with Crippen molar-refractivity contribution < 1.29 is 26.6 Å². The van der Waals surface area contributed by atoms with Crippen LogP contribution in [-0.2, 0) is 17.1 Å². The maximum atomic E-state index is 12.6. The second kappa shape index (κ2) is 24.8. The quantitative estimate of drug-likeness (QED) is 0.0409. The third-order valence-corrected chi connectivity index (χ3v) is 29.1. The van der Waals surface area contributed by atoms with Gasteiger partial charge in [-0.15, -0.1) is 6.58 Å². The summed E-state index contributed by atoms with van der Waals surface area (Å²) in [7, 11) is -4.21. The summed E-state index contributed by atoms with van der Waals surface area (Å²) < 4.78 is 29.6. The number of allylic oxidation sites excluding steroid dienone is 1. The molecule has 0 saturated carbocycles. The number of ketones is 1. The summed E-state index contributed by atoms with van der Waals surface area (Å²) in [5.41, 5.74) is 2.75. The van der Waals surface area contributed by atoms with Crippen LogP contribution in [0.25, 0.3) is 0 Å². The van der Waals surface area contributed by atoms with Crippen molar-refractivity contribution in [2.75, 3.05) is 20.8 Å². The van der Waals surface area contributed by atoms with Crippen molar-refractivity contribution in [2.24, 2.45) is 0 Å². The van der Waals surface area contributed by atoms with Gasteiger partial charge >= 0.3 is 17.1 Å². The van der Waals surface area contributed by atoms with Gasteiger partial charge in [-0.25, -0.2) is 0 Å². The fourth-order valence-corrected chi connectivity index (χ4v) is 29.6. The molecule has 0 aliphatic heterocycles. The van der Waals surface area contributed by atoms with Crippen LogP contribution in [0.2, 0.25) is 76.7 Å². The molecule has 0 aromatic heterocycles. The Labute approximate surface area is 319 Å². The van der Waals surface area contributed by atoms with Gasteiger partial charge in [0.15, 0.2) is 23.1 Å². The first-order valence-corrected chi connectivity index (χ1v) is 34.0. The maximum Gasteiger partial charge on any atom is 0.321 e. The number of hydrogen-bond donors (Lipinski definition) is 0. The molecule has 1 unspecified atom stereocenters. The SMILES string of the molecule is C=CCCCCCC[Si](C)(C[Si](C)(C)CCCCCCCOc1ccc(C(=O)c2ccccc2)cc1)O[Si](C)(C)OC.CO[Si](C)(C)O[SiH](C)C. The molecule has 51 heavy (non-hydrogen) atoms. The lowest BCUT2D eigenvalue weighted by molar-refractivity contribution is 0.103. The van der Waals surface area contributed by atoms with Crippen LogP contribution >= 0.6 is 0 Å². The molecule has 290 valence electrons. The summed E-state index contributed by atoms with van der Waals surface area (Å²) in [6.07, 6.45) is 14.5. The highest BCUT2D eigenvalue weighted by Gasteiger charge is 2.41. The van der Waals surface area contributed by atoms with Crippen molar-refractivity contribution in [3.8, 4) is 5.75 Å². The van der Waals surface area contributed by atoms with E-state index in [1.807, 2.05) is 67.8 Å². The smallest absolute Gasteiger partial charge is 0.321 e. The molecule has 6 nitrogen and oxygen atoms in total. The van der Waals surface area contributed by atoms with Crippen molar-refractivity contribution in [1.29, 1.82) is 0 Å². The third-order valence-electron chi connectivity index (χ3n) is 9.13. The lowest BCUT2D eigenvalue weighted by Gasteiger charge is -2.39. The van der Waals surface area contributed by atoms with Crippen LogP contribution in [0.3, 0.4) is 0 Å². The minimum Gasteiger partial charge on any atom is -0.494 e. The number of carbonyl (C=O) groups excluding carboxylic acids is 1. The number of benzene rings is 2. The monoisotopic (exact) mass is 790 g/mol. The Bertz CT molecular complexity index is 1220. The molecule has 0 heterocycles. The van der Waals surface area contributed by atoms with Gasteiger partial charge in [-0.3, -0.25) is 4.79 Å². The van der Waals surface area contributed by atoms with Crippen LogP contribution < -0.4 is 4.74 Å². The highest BCUT2D eigenvalue weighted by Crippen LogP contribution is 2.33. The molecule has 2 rings (SSSR count). The van der Waals surface area contributed by atoms with Crippen LogP contribution in [-0.4, -0.2) is 69.2 Å². The molecule has 1 atom stereocenters. The Morgan fingerprint density at radius 3 is 1.76 bits per heavy atom. The first-order chi connectivity index (χ1) is 24.0. The molecule has 0 fully saturated rings. The minimum absolute atomic E-state index is 0.0449. The second-order valence-corrected chi connectivity index (χ2v) is 36.0. The number of ether oxygens (including phenoxy) is 1. The Balaban J connectivity index is 0.00000127. The predicted molar refractivity (Wildman–Crippen MR) is 232 cm³/mol. The van der Waals surface area contributed by atoms with Crippen molar-refractivity contribution >= 4 is 48.3 Å². The minimum atomic E-state index is -2.05.